The van der Waals surface area contributed by atoms with E-state index < -0.39 is 0 Å². The summed E-state index contributed by atoms with van der Waals surface area (Å²) in [5.41, 5.74) is 0.916. The third kappa shape index (κ3) is 3.49. The summed E-state index contributed by atoms with van der Waals surface area (Å²) in [7, 11) is 0. The zero-order chi connectivity index (χ0) is 14.7. The van der Waals surface area contributed by atoms with Gasteiger partial charge < -0.3 is 10.1 Å². The van der Waals surface area contributed by atoms with Gasteiger partial charge in [-0.2, -0.15) is 0 Å². The second kappa shape index (κ2) is 6.37. The van der Waals surface area contributed by atoms with Gasteiger partial charge in [-0.1, -0.05) is 12.1 Å². The maximum absolute atomic E-state index is 12.9. The van der Waals surface area contributed by atoms with Crippen molar-refractivity contribution in [3.63, 3.8) is 0 Å². The lowest BCUT2D eigenvalue weighted by molar-refractivity contribution is 0.0861. The Morgan fingerprint density at radius 2 is 2.10 bits per heavy atom. The lowest BCUT2D eigenvalue weighted by Crippen LogP contribution is -2.31. The molecule has 1 unspecified atom stereocenters. The van der Waals surface area contributed by atoms with Gasteiger partial charge in [0.2, 0.25) is 0 Å². The predicted molar refractivity (Wildman–Crippen MR) is 81.0 cm³/mol. The van der Waals surface area contributed by atoms with Crippen molar-refractivity contribution >= 4 is 17.2 Å². The molecule has 1 aromatic heterocycles. The summed E-state index contributed by atoms with van der Waals surface area (Å²) in [6.07, 6.45) is 2.21. The summed E-state index contributed by atoms with van der Waals surface area (Å²) in [4.78, 5) is 13.7. The first-order valence-corrected chi connectivity index (χ1v) is 7.79. The molecule has 1 aliphatic heterocycles. The second-order valence-electron chi connectivity index (χ2n) is 5.02. The Bertz CT molecular complexity index is 617. The van der Waals surface area contributed by atoms with E-state index in [1.54, 1.807) is 18.2 Å². The van der Waals surface area contributed by atoms with Crippen molar-refractivity contribution in [3.8, 4) is 10.4 Å². The molecule has 21 heavy (non-hydrogen) atoms. The molecule has 1 aliphatic rings. The van der Waals surface area contributed by atoms with E-state index >= 15 is 0 Å². The van der Waals surface area contributed by atoms with Crippen LogP contribution in [0.1, 0.15) is 22.5 Å². The van der Waals surface area contributed by atoms with Crippen LogP contribution in [0.2, 0.25) is 0 Å². The monoisotopic (exact) mass is 305 g/mol. The normalized spacial score (nSPS) is 17.9. The third-order valence-corrected chi connectivity index (χ3v) is 4.61. The first-order chi connectivity index (χ1) is 10.2. The topological polar surface area (TPSA) is 38.3 Å². The fraction of sp³-hybridized carbons (Fsp3) is 0.312. The summed E-state index contributed by atoms with van der Waals surface area (Å²) >= 11 is 1.41. The molecule has 1 saturated heterocycles. The molecule has 1 atom stereocenters. The van der Waals surface area contributed by atoms with Gasteiger partial charge in [-0.05, 0) is 42.7 Å². The van der Waals surface area contributed by atoms with Crippen molar-refractivity contribution in [1.82, 2.24) is 5.32 Å². The summed E-state index contributed by atoms with van der Waals surface area (Å²) in [5.74, 6) is -0.339. The zero-order valence-corrected chi connectivity index (χ0v) is 12.3. The van der Waals surface area contributed by atoms with Gasteiger partial charge in [0, 0.05) is 18.0 Å². The van der Waals surface area contributed by atoms with E-state index in [-0.39, 0.29) is 17.8 Å². The van der Waals surface area contributed by atoms with Crippen molar-refractivity contribution in [3.05, 3.63) is 47.1 Å². The van der Waals surface area contributed by atoms with Crippen molar-refractivity contribution in [2.75, 3.05) is 13.2 Å². The van der Waals surface area contributed by atoms with Gasteiger partial charge in [0.15, 0.2) is 0 Å². The predicted octanol–water partition coefficient (Wildman–Crippen LogP) is 3.46. The van der Waals surface area contributed by atoms with Crippen molar-refractivity contribution in [2.24, 2.45) is 0 Å². The Morgan fingerprint density at radius 3 is 2.81 bits per heavy atom. The van der Waals surface area contributed by atoms with Crippen LogP contribution in [-0.2, 0) is 4.74 Å². The Labute approximate surface area is 126 Å². The molecule has 0 bridgehead atoms. The summed E-state index contributed by atoms with van der Waals surface area (Å²) in [6, 6.07) is 9.97. The smallest absolute Gasteiger partial charge is 0.261 e. The first-order valence-electron chi connectivity index (χ1n) is 6.98. The molecule has 1 N–H and O–H groups in total. The minimum Gasteiger partial charge on any atom is -0.376 e. The number of hydrogen-bond acceptors (Lipinski definition) is 3. The van der Waals surface area contributed by atoms with E-state index in [0.717, 1.165) is 29.9 Å². The summed E-state index contributed by atoms with van der Waals surface area (Å²) in [6.45, 7) is 1.34. The van der Waals surface area contributed by atoms with Gasteiger partial charge in [0.1, 0.15) is 5.82 Å². The number of carbonyl (C=O) groups excluding carboxylic acids is 1. The number of nitrogens with one attached hydrogen (secondary N) is 1. The Kier molecular flexibility index (Phi) is 4.31. The van der Waals surface area contributed by atoms with Crippen LogP contribution in [0.5, 0.6) is 0 Å². The van der Waals surface area contributed by atoms with Gasteiger partial charge in [0.05, 0.1) is 11.0 Å². The number of benzene rings is 1. The van der Waals surface area contributed by atoms with Crippen LogP contribution in [0.3, 0.4) is 0 Å². The van der Waals surface area contributed by atoms with Gasteiger partial charge in [0.25, 0.3) is 5.91 Å². The number of halogens is 1. The highest BCUT2D eigenvalue weighted by molar-refractivity contribution is 7.17. The highest BCUT2D eigenvalue weighted by Gasteiger charge is 2.17. The van der Waals surface area contributed by atoms with Gasteiger partial charge in [-0.25, -0.2) is 4.39 Å². The average molecular weight is 305 g/mol. The summed E-state index contributed by atoms with van der Waals surface area (Å²) < 4.78 is 18.4. The molecule has 1 aromatic carbocycles. The van der Waals surface area contributed by atoms with Gasteiger partial charge >= 0.3 is 0 Å². The fourth-order valence-electron chi connectivity index (χ4n) is 2.33. The van der Waals surface area contributed by atoms with Crippen molar-refractivity contribution in [1.29, 1.82) is 0 Å². The molecule has 3 nitrogen and oxygen atoms in total. The van der Waals surface area contributed by atoms with Crippen LogP contribution in [0.4, 0.5) is 4.39 Å². The molecule has 0 radical (unpaired) electrons. The lowest BCUT2D eigenvalue weighted by Gasteiger charge is -2.09. The maximum atomic E-state index is 12.9. The van der Waals surface area contributed by atoms with E-state index in [4.69, 9.17) is 4.74 Å². The molecular formula is C16H16FNO2S. The molecule has 5 heteroatoms. The van der Waals surface area contributed by atoms with Crippen molar-refractivity contribution in [2.45, 2.75) is 18.9 Å². The Balaban J connectivity index is 1.63. The van der Waals surface area contributed by atoms with Crippen LogP contribution in [0.15, 0.2) is 36.4 Å². The SMILES string of the molecule is O=C(NCC1CCCO1)c1ccc(-c2ccc(F)cc2)s1. The number of ether oxygens (including phenoxy) is 1. The van der Waals surface area contributed by atoms with Gasteiger partial charge in [-0.3, -0.25) is 4.79 Å². The number of thiophene rings is 1. The fourth-order valence-corrected chi connectivity index (χ4v) is 3.26. The zero-order valence-electron chi connectivity index (χ0n) is 11.5. The van der Waals surface area contributed by atoms with E-state index in [1.165, 1.54) is 23.5 Å². The van der Waals surface area contributed by atoms with Crippen LogP contribution < -0.4 is 5.32 Å². The quantitative estimate of drug-likeness (QED) is 0.939. The Hall–Kier alpha value is -1.72. The highest BCUT2D eigenvalue weighted by atomic mass is 32.1. The van der Waals surface area contributed by atoms with E-state index in [9.17, 15) is 9.18 Å². The third-order valence-electron chi connectivity index (χ3n) is 3.47. The van der Waals surface area contributed by atoms with E-state index in [1.807, 2.05) is 6.07 Å². The largest absolute Gasteiger partial charge is 0.376 e. The van der Waals surface area contributed by atoms with Crippen LogP contribution in [-0.4, -0.2) is 25.2 Å². The molecule has 0 spiro atoms. The molecule has 3 rings (SSSR count). The second-order valence-corrected chi connectivity index (χ2v) is 6.10. The lowest BCUT2D eigenvalue weighted by atomic mass is 10.2. The number of hydrogen-bond donors (Lipinski definition) is 1. The number of amides is 1. The first kappa shape index (κ1) is 14.2. The average Bonchev–Trinajstić information content (AvgIpc) is 3.17. The molecule has 110 valence electrons. The van der Waals surface area contributed by atoms with E-state index in [2.05, 4.69) is 5.32 Å². The molecule has 0 saturated carbocycles. The van der Waals surface area contributed by atoms with Crippen LogP contribution in [0, 0.1) is 5.82 Å². The highest BCUT2D eigenvalue weighted by Crippen LogP contribution is 2.28. The minimum atomic E-state index is -0.259. The van der Waals surface area contributed by atoms with Crippen molar-refractivity contribution < 1.29 is 13.9 Å². The number of rotatable bonds is 4. The molecular weight excluding hydrogens is 289 g/mol. The minimum absolute atomic E-state index is 0.0798. The number of carbonyl (C=O) groups is 1. The Morgan fingerprint density at radius 1 is 1.29 bits per heavy atom. The van der Waals surface area contributed by atoms with Crippen LogP contribution >= 0.6 is 11.3 Å². The molecule has 2 aromatic rings. The van der Waals surface area contributed by atoms with Crippen LogP contribution in [0.25, 0.3) is 10.4 Å². The maximum Gasteiger partial charge on any atom is 0.261 e. The summed E-state index contributed by atoms with van der Waals surface area (Å²) in [5, 5.41) is 2.90. The van der Waals surface area contributed by atoms with Gasteiger partial charge in [-0.15, -0.1) is 11.3 Å². The molecule has 2 heterocycles. The molecule has 1 fully saturated rings. The molecule has 0 aliphatic carbocycles. The standard InChI is InChI=1S/C16H16FNO2S/c17-12-5-3-11(4-6-12)14-7-8-15(21-14)16(19)18-10-13-2-1-9-20-13/h3-8,13H,1-2,9-10H2,(H,18,19). The molecule has 1 amide bonds. The van der Waals surface area contributed by atoms with E-state index in [0.29, 0.717) is 11.4 Å².